The topological polar surface area (TPSA) is 117 Å². The molecule has 0 bridgehead atoms. The molecule has 0 amide bonds. The Hall–Kier alpha value is -3.50. The normalized spacial score (nSPS) is 12.3. The molecule has 3 rings (SSSR count). The van der Waals surface area contributed by atoms with E-state index in [1.165, 1.54) is 26.8 Å². The van der Waals surface area contributed by atoms with E-state index in [9.17, 15) is 9.59 Å². The minimum Gasteiger partial charge on any atom is -0.486 e. The average Bonchev–Trinajstić information content (AvgIpc) is 3.18. The summed E-state index contributed by atoms with van der Waals surface area (Å²) in [5.41, 5.74) is 1.46. The summed E-state index contributed by atoms with van der Waals surface area (Å²) in [6, 6.07) is 11.4. The summed E-state index contributed by atoms with van der Waals surface area (Å²) < 4.78 is 23.2. The fourth-order valence-electron chi connectivity index (χ4n) is 2.76. The molecule has 1 N–H and O–H groups in total. The number of imidazole rings is 1. The predicted octanol–water partition coefficient (Wildman–Crippen LogP) is 2.15. The Kier molecular flexibility index (Phi) is 7.91. The van der Waals surface area contributed by atoms with Crippen LogP contribution in [0.1, 0.15) is 12.5 Å². The Morgan fingerprint density at radius 2 is 2.10 bits per heavy atom. The van der Waals surface area contributed by atoms with E-state index in [-0.39, 0.29) is 31.0 Å². The number of carbonyl (C=O) groups excluding carboxylic acids is 1. The number of nitrogens with one attached hydrogen (secondary N) is 1. The smallest absolute Gasteiger partial charge is 0.302 e. The first-order valence-corrected chi connectivity index (χ1v) is 9.57. The fraction of sp³-hybridized carbons (Fsp3) is 0.333. The van der Waals surface area contributed by atoms with Crippen molar-refractivity contribution < 1.29 is 23.7 Å². The second-order valence-corrected chi connectivity index (χ2v) is 6.62. The number of methoxy groups -OCH3 is 1. The maximum atomic E-state index is 12.2. The molecule has 0 fully saturated rings. The van der Waals surface area contributed by atoms with Crippen molar-refractivity contribution in [3.05, 3.63) is 58.6 Å². The van der Waals surface area contributed by atoms with Crippen LogP contribution in [-0.2, 0) is 37.1 Å². The summed E-state index contributed by atoms with van der Waals surface area (Å²) in [6.45, 7) is 2.08. The molecule has 0 aliphatic carbocycles. The van der Waals surface area contributed by atoms with E-state index < -0.39 is 12.1 Å². The first-order chi connectivity index (χ1) is 15.1. The zero-order valence-corrected chi connectivity index (χ0v) is 17.3. The molecule has 1 atom stereocenters. The first kappa shape index (κ1) is 22.2. The van der Waals surface area contributed by atoms with Gasteiger partial charge < -0.3 is 28.5 Å². The van der Waals surface area contributed by atoms with Crippen molar-refractivity contribution in [2.75, 3.05) is 20.3 Å². The monoisotopic (exact) mass is 428 g/mol. The van der Waals surface area contributed by atoms with Crippen LogP contribution in [-0.4, -0.2) is 53.3 Å². The third-order valence-corrected chi connectivity index (χ3v) is 4.24. The van der Waals surface area contributed by atoms with Gasteiger partial charge in [-0.05, 0) is 5.56 Å². The summed E-state index contributed by atoms with van der Waals surface area (Å²) in [7, 11) is 1.46. The number of aromatic nitrogens is 3. The lowest BCUT2D eigenvalue weighted by atomic mass is 10.2. The van der Waals surface area contributed by atoms with E-state index in [1.807, 2.05) is 30.3 Å². The van der Waals surface area contributed by atoms with Crippen LogP contribution in [0, 0.1) is 0 Å². The maximum absolute atomic E-state index is 12.2. The van der Waals surface area contributed by atoms with Gasteiger partial charge in [-0.15, -0.1) is 0 Å². The molecule has 0 spiro atoms. The zero-order valence-electron chi connectivity index (χ0n) is 17.3. The van der Waals surface area contributed by atoms with Gasteiger partial charge in [0.1, 0.15) is 25.3 Å². The highest BCUT2D eigenvalue weighted by Gasteiger charge is 2.14. The van der Waals surface area contributed by atoms with Crippen molar-refractivity contribution in [3.8, 4) is 0 Å². The zero-order chi connectivity index (χ0) is 22.1. The quantitative estimate of drug-likeness (QED) is 0.282. The molecule has 0 aliphatic rings. The SMILES string of the molecule is COC=Nc1cc2c(ncn2COC(COCc2ccccc2)COC(C)=O)c(=O)[nH]1. The lowest BCUT2D eigenvalue weighted by molar-refractivity contribution is -0.149. The van der Waals surface area contributed by atoms with Crippen LogP contribution in [0.4, 0.5) is 5.82 Å². The minimum absolute atomic E-state index is 0.0424. The van der Waals surface area contributed by atoms with Gasteiger partial charge in [-0.25, -0.2) is 9.98 Å². The van der Waals surface area contributed by atoms with E-state index in [4.69, 9.17) is 18.9 Å². The lowest BCUT2D eigenvalue weighted by Crippen LogP contribution is -2.27. The Morgan fingerprint density at radius 3 is 2.84 bits per heavy atom. The second-order valence-electron chi connectivity index (χ2n) is 6.62. The number of aromatic amines is 1. The van der Waals surface area contributed by atoms with Gasteiger partial charge in [-0.2, -0.15) is 0 Å². The molecular weight excluding hydrogens is 404 g/mol. The number of hydrogen-bond donors (Lipinski definition) is 1. The third kappa shape index (κ3) is 6.49. The highest BCUT2D eigenvalue weighted by atomic mass is 16.6. The molecule has 0 saturated carbocycles. The average molecular weight is 428 g/mol. The van der Waals surface area contributed by atoms with Crippen LogP contribution in [0.25, 0.3) is 11.0 Å². The van der Waals surface area contributed by atoms with E-state index in [2.05, 4.69) is 15.0 Å². The number of ether oxygens (including phenoxy) is 4. The number of hydrogen-bond acceptors (Lipinski definition) is 8. The molecule has 2 heterocycles. The Morgan fingerprint density at radius 1 is 1.29 bits per heavy atom. The van der Waals surface area contributed by atoms with Gasteiger partial charge in [-0.3, -0.25) is 9.59 Å². The number of fused-ring (bicyclic) bond motifs is 1. The third-order valence-electron chi connectivity index (χ3n) is 4.24. The van der Waals surface area contributed by atoms with E-state index in [1.54, 1.807) is 10.6 Å². The standard InChI is InChI=1S/C21H24N4O6/c1-15(26)30-11-17(10-29-9-16-6-4-3-5-7-16)31-14-25-12-22-20-18(25)8-19(23-13-28-2)24-21(20)27/h3-8,12-13,17H,9-11,14H2,1-2H3,(H,24,27). The summed E-state index contributed by atoms with van der Waals surface area (Å²) in [6.07, 6.45) is 2.21. The van der Waals surface area contributed by atoms with Gasteiger partial charge in [0.15, 0.2) is 11.9 Å². The van der Waals surface area contributed by atoms with E-state index in [0.717, 1.165) is 5.56 Å². The van der Waals surface area contributed by atoms with Crippen LogP contribution in [0.2, 0.25) is 0 Å². The van der Waals surface area contributed by atoms with Gasteiger partial charge in [0.2, 0.25) is 0 Å². The molecule has 0 saturated heterocycles. The Bertz CT molecular complexity index is 1080. The number of pyridine rings is 1. The van der Waals surface area contributed by atoms with Crippen molar-refractivity contribution in [1.29, 1.82) is 0 Å². The molecule has 31 heavy (non-hydrogen) atoms. The number of esters is 1. The second kappa shape index (κ2) is 11.0. The number of carbonyl (C=O) groups is 1. The minimum atomic E-state index is -0.502. The van der Waals surface area contributed by atoms with Crippen LogP contribution in [0.3, 0.4) is 0 Å². The van der Waals surface area contributed by atoms with Crippen LogP contribution in [0.5, 0.6) is 0 Å². The van der Waals surface area contributed by atoms with Gasteiger partial charge in [0, 0.05) is 13.0 Å². The summed E-state index contributed by atoms with van der Waals surface area (Å²) in [5.74, 6) is -0.0827. The highest BCUT2D eigenvalue weighted by Crippen LogP contribution is 2.15. The largest absolute Gasteiger partial charge is 0.486 e. The van der Waals surface area contributed by atoms with E-state index >= 15 is 0 Å². The van der Waals surface area contributed by atoms with Crippen LogP contribution in [0.15, 0.2) is 52.5 Å². The predicted molar refractivity (Wildman–Crippen MR) is 113 cm³/mol. The molecule has 10 heteroatoms. The highest BCUT2D eigenvalue weighted by molar-refractivity contribution is 5.77. The Balaban J connectivity index is 1.67. The first-order valence-electron chi connectivity index (χ1n) is 9.57. The molecular formula is C21H24N4O6. The lowest BCUT2D eigenvalue weighted by Gasteiger charge is -2.18. The van der Waals surface area contributed by atoms with Crippen molar-refractivity contribution in [3.63, 3.8) is 0 Å². The molecule has 1 aromatic carbocycles. The van der Waals surface area contributed by atoms with Gasteiger partial charge in [-0.1, -0.05) is 30.3 Å². The van der Waals surface area contributed by atoms with Gasteiger partial charge >= 0.3 is 5.97 Å². The van der Waals surface area contributed by atoms with Crippen molar-refractivity contribution in [1.82, 2.24) is 14.5 Å². The summed E-state index contributed by atoms with van der Waals surface area (Å²) in [5, 5.41) is 0. The molecule has 0 radical (unpaired) electrons. The summed E-state index contributed by atoms with van der Waals surface area (Å²) in [4.78, 5) is 34.2. The molecule has 1 unspecified atom stereocenters. The van der Waals surface area contributed by atoms with Crippen molar-refractivity contribution in [2.24, 2.45) is 4.99 Å². The number of nitrogens with zero attached hydrogens (tertiary/aromatic N) is 3. The van der Waals surface area contributed by atoms with Crippen molar-refractivity contribution in [2.45, 2.75) is 26.4 Å². The van der Waals surface area contributed by atoms with Crippen LogP contribution >= 0.6 is 0 Å². The molecule has 2 aromatic heterocycles. The number of rotatable bonds is 11. The summed E-state index contributed by atoms with van der Waals surface area (Å²) >= 11 is 0. The number of H-pyrrole nitrogens is 1. The van der Waals surface area contributed by atoms with Gasteiger partial charge in [0.25, 0.3) is 5.56 Å². The molecule has 164 valence electrons. The van der Waals surface area contributed by atoms with Crippen molar-refractivity contribution >= 4 is 29.2 Å². The van der Waals surface area contributed by atoms with E-state index in [0.29, 0.717) is 17.9 Å². The Labute approximate surface area is 178 Å². The van der Waals surface area contributed by atoms with Gasteiger partial charge in [0.05, 0.1) is 32.2 Å². The molecule has 10 nitrogen and oxygen atoms in total. The molecule has 3 aromatic rings. The maximum Gasteiger partial charge on any atom is 0.302 e. The fourth-order valence-corrected chi connectivity index (χ4v) is 2.76. The molecule has 0 aliphatic heterocycles. The number of aliphatic imine (C=N–C) groups is 1. The number of benzene rings is 1. The van der Waals surface area contributed by atoms with Crippen LogP contribution < -0.4 is 5.56 Å².